The molecule has 5 heteroatoms. The van der Waals surface area contributed by atoms with E-state index in [1.54, 1.807) is 0 Å². The van der Waals surface area contributed by atoms with Crippen molar-refractivity contribution in [1.82, 2.24) is 4.57 Å². The van der Waals surface area contributed by atoms with E-state index in [-0.39, 0.29) is 33.8 Å². The van der Waals surface area contributed by atoms with Crippen LogP contribution in [0.4, 0.5) is 34.1 Å². The minimum atomic E-state index is -2.88. The monoisotopic (exact) mass is 1500 g/mol. The lowest BCUT2D eigenvalue weighted by molar-refractivity contribution is 0.590. The Morgan fingerprint density at radius 3 is 0.930 bits per heavy atom. The van der Waals surface area contributed by atoms with Crippen molar-refractivity contribution in [3.05, 3.63) is 374 Å². The van der Waals surface area contributed by atoms with Gasteiger partial charge < -0.3 is 14.4 Å². The molecule has 0 aliphatic carbocycles. The van der Waals surface area contributed by atoms with Gasteiger partial charge in [0.15, 0.2) is 8.07 Å². The fourth-order valence-corrected chi connectivity index (χ4v) is 23.1. The summed E-state index contributed by atoms with van der Waals surface area (Å²) in [6.45, 7) is 35.2. The van der Waals surface area contributed by atoms with Gasteiger partial charge in [0.05, 0.1) is 22.4 Å². The molecule has 0 saturated heterocycles. The van der Waals surface area contributed by atoms with Crippen molar-refractivity contribution in [3.63, 3.8) is 0 Å². The van der Waals surface area contributed by atoms with Gasteiger partial charge in [-0.3, -0.25) is 0 Å². The van der Waals surface area contributed by atoms with Crippen molar-refractivity contribution < 1.29 is 0 Å². The SMILES string of the molecule is CC(C)(C)c1cc(-c2ccccc2)c(N2c3ccc(-c4ccc([Si](c5ccccc5)(c5ccccc5)c5ccccc5)cc4)cc3B3c4ccc(-n5c6ccc(C(C)(C)C)cc6c6cc(C(C)(C)C)ccc65)cc4N(c4c(-c5ccccc5)cc(C(C)(C)C)cc4-c4ccccc4)c4cc(C(C)(C)C)cc2c43)c(-c2ccccc2)c1. The highest BCUT2D eigenvalue weighted by molar-refractivity contribution is 7.20. The summed E-state index contributed by atoms with van der Waals surface area (Å²) in [7, 11) is -2.88. The van der Waals surface area contributed by atoms with Crippen LogP contribution in [0.15, 0.2) is 346 Å². The first-order chi connectivity index (χ1) is 55.2. The Morgan fingerprint density at radius 1 is 0.235 bits per heavy atom. The molecule has 2 aliphatic heterocycles. The van der Waals surface area contributed by atoms with Crippen LogP contribution in [-0.2, 0) is 27.1 Å². The number of anilines is 6. The highest BCUT2D eigenvalue weighted by Gasteiger charge is 2.48. The first-order valence-corrected chi connectivity index (χ1v) is 43.2. The van der Waals surface area contributed by atoms with Crippen molar-refractivity contribution in [2.45, 2.75) is 131 Å². The Hall–Kier alpha value is -12.0. The number of aromatic nitrogens is 1. The number of benzene rings is 15. The molecule has 3 heterocycles. The molecular weight excluding hydrogens is 1400 g/mol. The van der Waals surface area contributed by atoms with Crippen LogP contribution in [0, 0.1) is 0 Å². The lowest BCUT2D eigenvalue weighted by Crippen LogP contribution is -2.74. The number of hydrogen-bond donors (Lipinski definition) is 0. The van der Waals surface area contributed by atoms with Crippen LogP contribution in [0.3, 0.4) is 0 Å². The molecule has 0 amide bonds. The van der Waals surface area contributed by atoms with Crippen molar-refractivity contribution in [1.29, 1.82) is 0 Å². The van der Waals surface area contributed by atoms with Gasteiger partial charge in [-0.25, -0.2) is 0 Å². The van der Waals surface area contributed by atoms with E-state index in [0.717, 1.165) is 67.5 Å². The largest absolute Gasteiger partial charge is 0.310 e. The van der Waals surface area contributed by atoms with E-state index in [4.69, 9.17) is 0 Å². The summed E-state index contributed by atoms with van der Waals surface area (Å²) in [6, 6.07) is 134. The molecule has 0 saturated carbocycles. The van der Waals surface area contributed by atoms with Gasteiger partial charge in [0.1, 0.15) is 0 Å². The topological polar surface area (TPSA) is 11.4 Å². The normalized spacial score (nSPS) is 13.1. The second-order valence-electron chi connectivity index (χ2n) is 37.3. The van der Waals surface area contributed by atoms with Gasteiger partial charge in [0.25, 0.3) is 6.71 Å². The fraction of sp³-hybridized carbons (Fsp3) is 0.182. The minimum Gasteiger partial charge on any atom is -0.310 e. The van der Waals surface area contributed by atoms with E-state index >= 15 is 0 Å². The lowest BCUT2D eigenvalue weighted by Gasteiger charge is -2.47. The first-order valence-electron chi connectivity index (χ1n) is 41.2. The molecule has 16 aromatic rings. The molecule has 0 bridgehead atoms. The number of hydrogen-bond acceptors (Lipinski definition) is 2. The molecule has 0 spiro atoms. The van der Waals surface area contributed by atoms with E-state index in [1.807, 2.05) is 0 Å². The predicted octanol–water partition coefficient (Wildman–Crippen LogP) is 25.1. The Kier molecular flexibility index (Phi) is 18.3. The van der Waals surface area contributed by atoms with Gasteiger partial charge in [0, 0.05) is 61.5 Å². The van der Waals surface area contributed by atoms with Gasteiger partial charge in [-0.05, 0) is 204 Å². The van der Waals surface area contributed by atoms with Crippen LogP contribution in [0.1, 0.15) is 132 Å². The molecule has 564 valence electrons. The summed E-state index contributed by atoms with van der Waals surface area (Å²) < 4.78 is 2.58. The molecule has 115 heavy (non-hydrogen) atoms. The van der Waals surface area contributed by atoms with Crippen LogP contribution in [-0.4, -0.2) is 19.4 Å². The maximum atomic E-state index is 2.76. The third-order valence-electron chi connectivity index (χ3n) is 24.7. The molecule has 2 aliphatic rings. The van der Waals surface area contributed by atoms with Gasteiger partial charge in [-0.2, -0.15) is 0 Å². The van der Waals surface area contributed by atoms with Crippen molar-refractivity contribution >= 4 is 108 Å². The number of nitrogens with zero attached hydrogens (tertiary/aromatic N) is 3. The van der Waals surface area contributed by atoms with E-state index in [2.05, 4.69) is 464 Å². The van der Waals surface area contributed by atoms with Crippen molar-refractivity contribution in [2.24, 2.45) is 0 Å². The van der Waals surface area contributed by atoms with Gasteiger partial charge >= 0.3 is 0 Å². The van der Waals surface area contributed by atoms with E-state index in [1.165, 1.54) is 115 Å². The van der Waals surface area contributed by atoms with Gasteiger partial charge in [-0.1, -0.05) is 371 Å². The van der Waals surface area contributed by atoms with E-state index in [9.17, 15) is 0 Å². The second kappa shape index (κ2) is 28.2. The standard InChI is InChI=1S/C110H102BN3Si/c1-106(2,3)79-54-61-97-93(64-79)94-65-80(107(4,5)6)55-62-98(94)112(97)84-56-59-95-100(72-84)114(105-91(76-41-27-18-28-42-76)68-82(109(10,11)12)69-92(105)77-43-29-19-30-44-77)102-71-83(110(13,14)15)70-101-103(102)111(95)96-63-78(73-51-57-88(58-52-73)115(85-45-31-20-32-46-85,86-47-33-21-34-48-86)87-49-35-22-36-50-87)53-60-99(96)113(101)104-89(74-37-23-16-24-38-74)66-81(108(7,8)9)67-90(104)75-39-25-17-26-40-75/h16-72H,1-15H3. The summed E-state index contributed by atoms with van der Waals surface area (Å²) in [4.78, 5) is 5.49. The van der Waals surface area contributed by atoms with E-state index < -0.39 is 8.07 Å². The smallest absolute Gasteiger partial charge is 0.252 e. The van der Waals surface area contributed by atoms with Gasteiger partial charge in [-0.15, -0.1) is 0 Å². The second-order valence-corrected chi connectivity index (χ2v) is 41.1. The van der Waals surface area contributed by atoms with Crippen LogP contribution in [0.2, 0.25) is 0 Å². The molecule has 1 aromatic heterocycles. The first kappa shape index (κ1) is 74.4. The number of rotatable bonds is 12. The molecule has 0 unspecified atom stereocenters. The fourth-order valence-electron chi connectivity index (χ4n) is 18.4. The molecule has 0 radical (unpaired) electrons. The zero-order valence-corrected chi connectivity index (χ0v) is 70.3. The summed E-state index contributed by atoms with van der Waals surface area (Å²) in [5, 5.41) is 7.92. The molecule has 15 aromatic carbocycles. The Bertz CT molecular complexity index is 6080. The van der Waals surface area contributed by atoms with Crippen LogP contribution < -0.4 is 46.9 Å². The molecular formula is C110H102BN3Si. The average Bonchev–Trinajstić information content (AvgIpc) is 1.17. The van der Waals surface area contributed by atoms with Crippen molar-refractivity contribution in [2.75, 3.05) is 9.80 Å². The molecule has 3 nitrogen and oxygen atoms in total. The van der Waals surface area contributed by atoms with Crippen molar-refractivity contribution in [3.8, 4) is 61.3 Å². The lowest BCUT2D eigenvalue weighted by atomic mass is 9.33. The molecule has 0 N–H and O–H groups in total. The quantitative estimate of drug-likeness (QED) is 0.0892. The predicted molar refractivity (Wildman–Crippen MR) is 499 cm³/mol. The average molecular weight is 1500 g/mol. The van der Waals surface area contributed by atoms with Crippen LogP contribution >= 0.6 is 0 Å². The summed E-state index contributed by atoms with van der Waals surface area (Å²) in [5.74, 6) is 0. The van der Waals surface area contributed by atoms with Gasteiger partial charge in [0.2, 0.25) is 0 Å². The van der Waals surface area contributed by atoms with E-state index in [0.29, 0.717) is 0 Å². The summed E-state index contributed by atoms with van der Waals surface area (Å²) in [6.07, 6.45) is 0. The maximum absolute atomic E-state index is 2.88. The zero-order valence-electron chi connectivity index (χ0n) is 69.3. The summed E-state index contributed by atoms with van der Waals surface area (Å²) in [5.41, 5.74) is 31.3. The minimum absolute atomic E-state index is 0.0674. The van der Waals surface area contributed by atoms with Crippen LogP contribution in [0.5, 0.6) is 0 Å². The highest BCUT2D eigenvalue weighted by atomic mass is 28.3. The van der Waals surface area contributed by atoms with Crippen LogP contribution in [0.25, 0.3) is 83.1 Å². The molecule has 0 atom stereocenters. The summed E-state index contributed by atoms with van der Waals surface area (Å²) >= 11 is 0. The molecule has 18 rings (SSSR count). The molecule has 0 fully saturated rings. The third-order valence-corrected chi connectivity index (χ3v) is 29.5. The maximum Gasteiger partial charge on any atom is 0.252 e. The Morgan fingerprint density at radius 2 is 0.565 bits per heavy atom. The zero-order chi connectivity index (χ0) is 79.7. The highest BCUT2D eigenvalue weighted by Crippen LogP contribution is 2.56. The Balaban J connectivity index is 0.995. The number of fused-ring (bicyclic) bond motifs is 7. The third kappa shape index (κ3) is 13.0. The Labute approximate surface area is 683 Å².